The molecule has 0 atom stereocenters. The van der Waals surface area contributed by atoms with E-state index in [1.165, 1.54) is 21.7 Å². The van der Waals surface area contributed by atoms with Gasteiger partial charge in [-0.2, -0.15) is 12.7 Å². The van der Waals surface area contributed by atoms with E-state index < -0.39 is 21.9 Å². The van der Waals surface area contributed by atoms with Crippen LogP contribution in [0.15, 0.2) is 34.9 Å². The van der Waals surface area contributed by atoms with Gasteiger partial charge < -0.3 is 14.7 Å². The van der Waals surface area contributed by atoms with Crippen LogP contribution in [-0.2, 0) is 16.8 Å². The number of nitrogens with one attached hydrogen (secondary N) is 2. The second-order valence-electron chi connectivity index (χ2n) is 12.1. The van der Waals surface area contributed by atoms with Crippen LogP contribution >= 0.6 is 34.5 Å². The van der Waals surface area contributed by atoms with Gasteiger partial charge in [-0.05, 0) is 62.8 Å². The number of anilines is 1. The normalized spacial score (nSPS) is 18.4. The van der Waals surface area contributed by atoms with Gasteiger partial charge in [0, 0.05) is 61.4 Å². The summed E-state index contributed by atoms with van der Waals surface area (Å²) in [6, 6.07) is 8.19. The average molecular weight is 708 g/mol. The largest absolute Gasteiger partial charge is 0.360 e. The highest BCUT2D eigenvalue weighted by molar-refractivity contribution is 7.87. The fraction of sp³-hybridized carbons (Fsp3) is 0.452. The molecule has 10 nitrogen and oxygen atoms in total. The lowest BCUT2D eigenvalue weighted by molar-refractivity contribution is 0.0978. The van der Waals surface area contributed by atoms with Crippen LogP contribution in [0.1, 0.15) is 72.5 Å². The maximum absolute atomic E-state index is 15.1. The minimum atomic E-state index is -3.99. The molecule has 2 N–H and O–H groups in total. The van der Waals surface area contributed by atoms with E-state index in [0.717, 1.165) is 62.3 Å². The second kappa shape index (κ2) is 13.0. The molecule has 15 heteroatoms. The van der Waals surface area contributed by atoms with Gasteiger partial charge in [0.25, 0.3) is 5.91 Å². The monoisotopic (exact) mass is 706 g/mol. The van der Waals surface area contributed by atoms with Crippen molar-refractivity contribution in [1.29, 1.82) is 0 Å². The summed E-state index contributed by atoms with van der Waals surface area (Å²) >= 11 is 14.3. The number of fused-ring (bicyclic) bond motifs is 1. The predicted molar refractivity (Wildman–Crippen MR) is 177 cm³/mol. The minimum absolute atomic E-state index is 0.0551. The molecule has 2 aromatic carbocycles. The molecular weight excluding hydrogens is 674 g/mol. The summed E-state index contributed by atoms with van der Waals surface area (Å²) in [5.74, 6) is -0.256. The number of amides is 1. The van der Waals surface area contributed by atoms with E-state index in [4.69, 9.17) is 27.7 Å². The number of benzene rings is 2. The maximum Gasteiger partial charge on any atom is 0.304 e. The molecule has 2 saturated heterocycles. The number of carbonyl (C=O) groups excluding carboxylic acids is 1. The first-order valence-electron chi connectivity index (χ1n) is 15.5. The first-order valence-corrected chi connectivity index (χ1v) is 18.5. The van der Waals surface area contributed by atoms with Crippen LogP contribution in [-0.4, -0.2) is 61.0 Å². The summed E-state index contributed by atoms with van der Waals surface area (Å²) in [6.45, 7) is 2.72. The third-order valence-electron chi connectivity index (χ3n) is 8.88. The molecule has 1 amide bonds. The number of aromatic nitrogens is 2. The number of nitrogens with zero attached hydrogens (tertiary/aromatic N) is 4. The number of thiazole rings is 1. The SMILES string of the molecule is O=C(NS(=O)(=O)N1CCCCC1)c1cc(F)c2nc(N3CCC(NCc4c(-c5c(Cl)cccc5Cl)noc4C4CC4)CC3)sc2c1. The van der Waals surface area contributed by atoms with Crippen molar-refractivity contribution in [3.05, 3.63) is 63.1 Å². The van der Waals surface area contributed by atoms with Gasteiger partial charge in [0.2, 0.25) is 0 Å². The van der Waals surface area contributed by atoms with Crippen LogP contribution in [0, 0.1) is 5.82 Å². The van der Waals surface area contributed by atoms with Crippen molar-refractivity contribution in [2.45, 2.75) is 63.5 Å². The summed E-state index contributed by atoms with van der Waals surface area (Å²) in [5, 5.41) is 9.78. The molecule has 2 aliphatic heterocycles. The Labute approximate surface area is 280 Å². The van der Waals surface area contributed by atoms with Crippen LogP contribution in [0.25, 0.3) is 21.5 Å². The summed E-state index contributed by atoms with van der Waals surface area (Å²) in [5.41, 5.74) is 2.46. The van der Waals surface area contributed by atoms with E-state index in [1.54, 1.807) is 18.2 Å². The molecule has 4 heterocycles. The van der Waals surface area contributed by atoms with Gasteiger partial charge in [-0.1, -0.05) is 52.2 Å². The quantitative estimate of drug-likeness (QED) is 0.203. The van der Waals surface area contributed by atoms with Gasteiger partial charge in [-0.25, -0.2) is 14.1 Å². The Morgan fingerprint density at radius 2 is 1.76 bits per heavy atom. The average Bonchev–Trinajstić information content (AvgIpc) is 3.66. The van der Waals surface area contributed by atoms with E-state index in [1.807, 2.05) is 0 Å². The lowest BCUT2D eigenvalue weighted by atomic mass is 10.0. The van der Waals surface area contributed by atoms with E-state index >= 15 is 4.39 Å². The van der Waals surface area contributed by atoms with Crippen LogP contribution in [0.3, 0.4) is 0 Å². The third-order valence-corrected chi connectivity index (χ3v) is 12.1. The summed E-state index contributed by atoms with van der Waals surface area (Å²) < 4.78 is 50.1. The second-order valence-corrected chi connectivity index (χ2v) is 15.6. The molecule has 46 heavy (non-hydrogen) atoms. The number of rotatable bonds is 9. The van der Waals surface area contributed by atoms with Crippen LogP contribution in [0.4, 0.5) is 9.52 Å². The lowest BCUT2D eigenvalue weighted by Gasteiger charge is -2.32. The molecule has 0 unspecified atom stereocenters. The van der Waals surface area contributed by atoms with E-state index in [-0.39, 0.29) is 17.1 Å². The minimum Gasteiger partial charge on any atom is -0.360 e. The molecule has 2 aromatic heterocycles. The van der Waals surface area contributed by atoms with Crippen molar-refractivity contribution in [3.8, 4) is 11.3 Å². The molecule has 0 radical (unpaired) electrons. The fourth-order valence-corrected chi connectivity index (χ4v) is 9.06. The first-order chi connectivity index (χ1) is 22.2. The first kappa shape index (κ1) is 31.8. The molecule has 7 rings (SSSR count). The van der Waals surface area contributed by atoms with Crippen LogP contribution < -0.4 is 14.9 Å². The van der Waals surface area contributed by atoms with Gasteiger partial charge in [-0.3, -0.25) is 4.79 Å². The van der Waals surface area contributed by atoms with Crippen molar-refractivity contribution >= 4 is 66.0 Å². The maximum atomic E-state index is 15.1. The van der Waals surface area contributed by atoms with Gasteiger partial charge in [0.15, 0.2) is 10.9 Å². The van der Waals surface area contributed by atoms with Crippen molar-refractivity contribution in [2.75, 3.05) is 31.1 Å². The number of piperidine rings is 2. The van der Waals surface area contributed by atoms with Gasteiger partial charge in [0.05, 0.1) is 14.7 Å². The number of hydrogen-bond donors (Lipinski definition) is 2. The summed E-state index contributed by atoms with van der Waals surface area (Å²) in [4.78, 5) is 19.5. The zero-order valence-electron chi connectivity index (χ0n) is 24.9. The molecule has 244 valence electrons. The Bertz CT molecular complexity index is 1860. The molecule has 4 aromatic rings. The Hall–Kier alpha value is -2.81. The summed E-state index contributed by atoms with van der Waals surface area (Å²) in [6.07, 6.45) is 6.27. The fourth-order valence-electron chi connectivity index (χ4n) is 6.19. The van der Waals surface area contributed by atoms with Gasteiger partial charge >= 0.3 is 10.2 Å². The van der Waals surface area contributed by atoms with Crippen molar-refractivity contribution in [1.82, 2.24) is 24.5 Å². The Balaban J connectivity index is 1.01. The predicted octanol–water partition coefficient (Wildman–Crippen LogP) is 6.49. The Morgan fingerprint density at radius 3 is 2.46 bits per heavy atom. The van der Waals surface area contributed by atoms with E-state index in [2.05, 4.69) is 25.1 Å². The van der Waals surface area contributed by atoms with Gasteiger partial charge in [-0.15, -0.1) is 0 Å². The molecule has 1 saturated carbocycles. The number of carbonyl (C=O) groups is 1. The zero-order valence-corrected chi connectivity index (χ0v) is 28.0. The highest BCUT2D eigenvalue weighted by atomic mass is 35.5. The van der Waals surface area contributed by atoms with Crippen molar-refractivity contribution < 1.29 is 22.1 Å². The highest BCUT2D eigenvalue weighted by Gasteiger charge is 2.34. The number of halogens is 3. The molecule has 0 bridgehead atoms. The lowest BCUT2D eigenvalue weighted by Crippen LogP contribution is -2.45. The highest BCUT2D eigenvalue weighted by Crippen LogP contribution is 2.46. The smallest absolute Gasteiger partial charge is 0.304 e. The van der Waals surface area contributed by atoms with Crippen LogP contribution in [0.2, 0.25) is 10.0 Å². The molecular formula is C31H33Cl2FN6O4S2. The van der Waals surface area contributed by atoms with E-state index in [0.29, 0.717) is 69.8 Å². The molecule has 3 fully saturated rings. The molecule has 3 aliphatic rings. The van der Waals surface area contributed by atoms with Crippen molar-refractivity contribution in [2.24, 2.45) is 0 Å². The Morgan fingerprint density at radius 1 is 1.04 bits per heavy atom. The van der Waals surface area contributed by atoms with Crippen molar-refractivity contribution in [3.63, 3.8) is 0 Å². The van der Waals surface area contributed by atoms with Gasteiger partial charge in [0.1, 0.15) is 17.0 Å². The topological polar surface area (TPSA) is 121 Å². The number of hydrogen-bond acceptors (Lipinski definition) is 9. The standard InChI is InChI=1S/C31H33Cl2FN6O4S2/c32-22-5-4-6-23(33)26(22)27-21(29(44-37-27)18-7-8-18)17-35-20-9-13-39(14-10-20)31-36-28-24(34)15-19(16-25(28)45-31)30(41)38-46(42,43)40-11-2-1-3-12-40/h4-6,15-16,18,20,35H,1-3,7-14,17H2,(H,38,41). The third kappa shape index (κ3) is 6.50. The summed E-state index contributed by atoms with van der Waals surface area (Å²) in [7, 11) is -3.99. The van der Waals surface area contributed by atoms with E-state index in [9.17, 15) is 13.2 Å². The van der Waals surface area contributed by atoms with Crippen LogP contribution in [0.5, 0.6) is 0 Å². The molecule has 1 aliphatic carbocycles. The Kier molecular flexibility index (Phi) is 8.98. The zero-order chi connectivity index (χ0) is 32.0. The molecule has 0 spiro atoms.